The van der Waals surface area contributed by atoms with Gasteiger partial charge >= 0.3 is 0 Å². The molecule has 0 atom stereocenters. The Kier molecular flexibility index (Phi) is 2.14. The van der Waals surface area contributed by atoms with E-state index < -0.39 is 5.78 Å². The van der Waals surface area contributed by atoms with Gasteiger partial charge in [-0.15, -0.1) is 0 Å². The summed E-state index contributed by atoms with van der Waals surface area (Å²) >= 11 is 7.15. The van der Waals surface area contributed by atoms with Gasteiger partial charge in [0, 0.05) is 12.4 Å². The minimum atomic E-state index is -0.398. The molecule has 1 aromatic carbocycles. The van der Waals surface area contributed by atoms with Crippen LogP contribution in [0.2, 0.25) is 5.02 Å². The van der Waals surface area contributed by atoms with Crippen molar-refractivity contribution in [2.75, 3.05) is 0 Å². The molecule has 0 unspecified atom stereocenters. The molecule has 0 radical (unpaired) electrons. The highest BCUT2D eigenvalue weighted by atomic mass is 35.5. The van der Waals surface area contributed by atoms with Crippen LogP contribution in [0.5, 0.6) is 5.75 Å². The predicted molar refractivity (Wildman–Crippen MR) is 73.1 cm³/mol. The highest BCUT2D eigenvalue weighted by Gasteiger charge is 2.37. The third kappa shape index (κ3) is 1.25. The molecule has 4 rings (SSSR count). The van der Waals surface area contributed by atoms with Gasteiger partial charge in [-0.2, -0.15) is 0 Å². The highest BCUT2D eigenvalue weighted by molar-refractivity contribution is 7.19. The van der Waals surface area contributed by atoms with E-state index in [9.17, 15) is 14.7 Å². The molecular weight excluding hydrogens is 300 g/mol. The van der Waals surface area contributed by atoms with Crippen molar-refractivity contribution < 1.29 is 14.7 Å². The quantitative estimate of drug-likeness (QED) is 0.542. The Morgan fingerprint density at radius 2 is 2.00 bits per heavy atom. The van der Waals surface area contributed by atoms with Crippen LogP contribution in [-0.4, -0.2) is 26.1 Å². The number of nitrogens with zero attached hydrogens (tertiary/aromatic N) is 2. The van der Waals surface area contributed by atoms with Gasteiger partial charge in [-0.25, -0.2) is 4.98 Å². The van der Waals surface area contributed by atoms with Gasteiger partial charge in [-0.3, -0.25) is 14.0 Å². The summed E-state index contributed by atoms with van der Waals surface area (Å²) in [5.74, 6) is -1.01. The fourth-order valence-corrected chi connectivity index (χ4v) is 3.67. The Hall–Kier alpha value is -2.18. The number of ketones is 2. The number of aromatic nitrogens is 2. The molecule has 0 aliphatic heterocycles. The smallest absolute Gasteiger partial charge is 0.213 e. The van der Waals surface area contributed by atoms with Gasteiger partial charge in [0.2, 0.25) is 11.6 Å². The highest BCUT2D eigenvalue weighted by Crippen LogP contribution is 2.39. The van der Waals surface area contributed by atoms with Gasteiger partial charge in [-0.1, -0.05) is 22.9 Å². The lowest BCUT2D eigenvalue weighted by molar-refractivity contribution is 0.0976. The molecular formula is C13H5ClN2O3S. The van der Waals surface area contributed by atoms with Crippen molar-refractivity contribution >= 4 is 39.5 Å². The van der Waals surface area contributed by atoms with E-state index in [0.29, 0.717) is 4.96 Å². The predicted octanol–water partition coefficient (Wildman–Crippen LogP) is 2.53. The van der Waals surface area contributed by atoms with Crippen molar-refractivity contribution in [3.05, 3.63) is 51.2 Å². The molecule has 0 amide bonds. The van der Waals surface area contributed by atoms with E-state index in [1.165, 1.54) is 12.1 Å². The van der Waals surface area contributed by atoms with Crippen molar-refractivity contribution in [3.63, 3.8) is 0 Å². The topological polar surface area (TPSA) is 71.7 Å². The first-order chi connectivity index (χ1) is 9.59. The number of fused-ring (bicyclic) bond motifs is 4. The fraction of sp³-hybridized carbons (Fsp3) is 0. The van der Waals surface area contributed by atoms with Crippen molar-refractivity contribution in [3.8, 4) is 5.75 Å². The fourth-order valence-electron chi connectivity index (χ4n) is 2.40. The zero-order chi connectivity index (χ0) is 14.0. The summed E-state index contributed by atoms with van der Waals surface area (Å²) in [5, 5.41) is 10.0. The van der Waals surface area contributed by atoms with E-state index in [0.717, 1.165) is 11.3 Å². The summed E-state index contributed by atoms with van der Waals surface area (Å²) in [6.07, 6.45) is 3.18. The van der Waals surface area contributed by atoms with Gasteiger partial charge in [0.05, 0.1) is 16.1 Å². The molecule has 0 saturated heterocycles. The normalized spacial score (nSPS) is 13.7. The molecule has 5 nitrogen and oxygen atoms in total. The molecule has 0 fully saturated rings. The summed E-state index contributed by atoms with van der Waals surface area (Å²) in [7, 11) is 0. The maximum absolute atomic E-state index is 12.6. The van der Waals surface area contributed by atoms with Crippen LogP contribution in [-0.2, 0) is 0 Å². The molecule has 2 aromatic heterocycles. The molecule has 1 aliphatic carbocycles. The lowest BCUT2D eigenvalue weighted by Crippen LogP contribution is -2.21. The van der Waals surface area contributed by atoms with Gasteiger partial charge in [0.15, 0.2) is 4.96 Å². The Morgan fingerprint density at radius 1 is 1.20 bits per heavy atom. The SMILES string of the molecule is O=C1c2sc3nccn3c2C(=O)c2c(Cl)ccc(O)c21. The Bertz CT molecular complexity index is 925. The average molecular weight is 305 g/mol. The summed E-state index contributed by atoms with van der Waals surface area (Å²) in [6, 6.07) is 2.72. The second-order valence-corrected chi connectivity index (χ2v) is 5.72. The van der Waals surface area contributed by atoms with E-state index in [1.54, 1.807) is 16.8 Å². The summed E-state index contributed by atoms with van der Waals surface area (Å²) < 4.78 is 1.57. The maximum Gasteiger partial charge on any atom is 0.213 e. The van der Waals surface area contributed by atoms with Gasteiger partial charge < -0.3 is 5.11 Å². The van der Waals surface area contributed by atoms with Crippen molar-refractivity contribution in [2.45, 2.75) is 0 Å². The Morgan fingerprint density at radius 3 is 2.80 bits per heavy atom. The summed E-state index contributed by atoms with van der Waals surface area (Å²) in [6.45, 7) is 0. The molecule has 3 aromatic rings. The first-order valence-electron chi connectivity index (χ1n) is 5.66. The molecule has 1 N–H and O–H groups in total. The second kappa shape index (κ2) is 3.68. The molecule has 0 spiro atoms. The van der Waals surface area contributed by atoms with Crippen LogP contribution < -0.4 is 0 Å². The van der Waals surface area contributed by atoms with E-state index in [2.05, 4.69) is 4.98 Å². The molecule has 2 heterocycles. The molecule has 1 aliphatic rings. The van der Waals surface area contributed by atoms with Crippen LogP contribution in [0, 0.1) is 0 Å². The van der Waals surface area contributed by atoms with Crippen LogP contribution >= 0.6 is 22.9 Å². The minimum absolute atomic E-state index is 0.0282. The average Bonchev–Trinajstić information content (AvgIpc) is 2.98. The number of phenols is 1. The monoisotopic (exact) mass is 304 g/mol. The second-order valence-electron chi connectivity index (χ2n) is 4.33. The number of rotatable bonds is 0. The maximum atomic E-state index is 12.6. The number of benzene rings is 1. The number of hydrogen-bond donors (Lipinski definition) is 1. The number of thiazole rings is 1. The zero-order valence-corrected chi connectivity index (χ0v) is 11.3. The van der Waals surface area contributed by atoms with Crippen LogP contribution in [0.1, 0.15) is 31.3 Å². The third-order valence-electron chi connectivity index (χ3n) is 3.26. The molecule has 7 heteroatoms. The van der Waals surface area contributed by atoms with Crippen LogP contribution in [0.25, 0.3) is 4.96 Å². The third-order valence-corrected chi connectivity index (χ3v) is 4.65. The van der Waals surface area contributed by atoms with Gasteiger partial charge in [-0.05, 0) is 12.1 Å². The van der Waals surface area contributed by atoms with Crippen molar-refractivity contribution in [2.24, 2.45) is 0 Å². The molecule has 0 bridgehead atoms. The molecule has 0 saturated carbocycles. The number of carbonyl (C=O) groups is 2. The number of carbonyl (C=O) groups excluding carboxylic acids is 2. The molecule has 20 heavy (non-hydrogen) atoms. The zero-order valence-electron chi connectivity index (χ0n) is 9.75. The Labute approximate surface area is 121 Å². The lowest BCUT2D eigenvalue weighted by Gasteiger charge is -2.16. The van der Waals surface area contributed by atoms with Gasteiger partial charge in [0.1, 0.15) is 16.3 Å². The minimum Gasteiger partial charge on any atom is -0.507 e. The lowest BCUT2D eigenvalue weighted by atomic mass is 9.90. The number of hydrogen-bond acceptors (Lipinski definition) is 5. The number of aromatic hydroxyl groups is 1. The number of halogens is 1. The molecule has 98 valence electrons. The van der Waals surface area contributed by atoms with Crippen LogP contribution in [0.15, 0.2) is 24.5 Å². The van der Waals surface area contributed by atoms with E-state index in [4.69, 9.17) is 11.6 Å². The van der Waals surface area contributed by atoms with Gasteiger partial charge in [0.25, 0.3) is 0 Å². The van der Waals surface area contributed by atoms with Crippen LogP contribution in [0.4, 0.5) is 0 Å². The van der Waals surface area contributed by atoms with Crippen LogP contribution in [0.3, 0.4) is 0 Å². The summed E-state index contributed by atoms with van der Waals surface area (Å²) in [5.41, 5.74) is 0.282. The van der Waals surface area contributed by atoms with E-state index in [-0.39, 0.29) is 38.3 Å². The first kappa shape index (κ1) is 11.6. The number of imidazole rings is 1. The van der Waals surface area contributed by atoms with E-state index >= 15 is 0 Å². The Balaban J connectivity index is 2.16. The first-order valence-corrected chi connectivity index (χ1v) is 6.85. The van der Waals surface area contributed by atoms with E-state index in [1.807, 2.05) is 0 Å². The van der Waals surface area contributed by atoms with Crippen molar-refractivity contribution in [1.29, 1.82) is 0 Å². The van der Waals surface area contributed by atoms with Crippen molar-refractivity contribution in [1.82, 2.24) is 9.38 Å². The largest absolute Gasteiger partial charge is 0.507 e. The summed E-state index contributed by atoms with van der Waals surface area (Å²) in [4.78, 5) is 30.0. The number of phenolic OH excluding ortho intramolecular Hbond substituents is 1. The standard InChI is InChI=1S/C13H5ClN2O3S/c14-5-1-2-6(17)8-7(5)10(18)9-12(11(8)19)20-13-15-3-4-16(9)13/h1-4,17H.